The Kier molecular flexibility index (Phi) is 3.63. The van der Waals surface area contributed by atoms with Crippen LogP contribution in [0.4, 0.5) is 0 Å². The minimum Gasteiger partial charge on any atom is -0.345 e. The van der Waals surface area contributed by atoms with Crippen molar-refractivity contribution in [1.82, 2.24) is 16.2 Å². The fraction of sp³-hybridized carbons (Fsp3) is 0.786. The Hall–Kier alpha value is -1.59. The lowest BCUT2D eigenvalue weighted by atomic mass is 9.86. The zero-order valence-electron chi connectivity index (χ0n) is 11.5. The van der Waals surface area contributed by atoms with Gasteiger partial charge in [0.05, 0.1) is 0 Å². The highest BCUT2D eigenvalue weighted by molar-refractivity contribution is 6.35. The minimum absolute atomic E-state index is 0.137. The lowest BCUT2D eigenvalue weighted by Gasteiger charge is -2.20. The van der Waals surface area contributed by atoms with Gasteiger partial charge in [-0.3, -0.25) is 25.2 Å². The van der Waals surface area contributed by atoms with E-state index in [2.05, 4.69) is 16.2 Å². The maximum absolute atomic E-state index is 11.8. The fourth-order valence-corrected chi connectivity index (χ4v) is 3.58. The summed E-state index contributed by atoms with van der Waals surface area (Å²) in [6.45, 7) is 0. The van der Waals surface area contributed by atoms with E-state index in [4.69, 9.17) is 0 Å². The summed E-state index contributed by atoms with van der Waals surface area (Å²) in [4.78, 5) is 34.6. The Bertz CT molecular complexity index is 433. The Morgan fingerprint density at radius 2 is 1.70 bits per heavy atom. The average Bonchev–Trinajstić information content (AvgIpc) is 2.99. The van der Waals surface area contributed by atoms with Crippen molar-refractivity contribution in [2.45, 2.75) is 51.0 Å². The van der Waals surface area contributed by atoms with Crippen molar-refractivity contribution >= 4 is 17.7 Å². The van der Waals surface area contributed by atoms with Crippen molar-refractivity contribution in [3.05, 3.63) is 0 Å². The molecule has 3 fully saturated rings. The van der Waals surface area contributed by atoms with E-state index in [-0.39, 0.29) is 11.9 Å². The van der Waals surface area contributed by atoms with Gasteiger partial charge in [0.1, 0.15) is 0 Å². The third-order valence-electron chi connectivity index (χ3n) is 4.77. The molecule has 110 valence electrons. The number of fused-ring (bicyclic) bond motifs is 2. The first-order chi connectivity index (χ1) is 9.61. The third-order valence-corrected chi connectivity index (χ3v) is 4.77. The fourth-order valence-electron chi connectivity index (χ4n) is 3.58. The molecule has 3 rings (SSSR count). The second kappa shape index (κ2) is 5.42. The number of carbonyl (C=O) groups is 3. The van der Waals surface area contributed by atoms with Gasteiger partial charge < -0.3 is 5.32 Å². The Morgan fingerprint density at radius 3 is 2.30 bits per heavy atom. The van der Waals surface area contributed by atoms with Crippen LogP contribution in [0.2, 0.25) is 0 Å². The van der Waals surface area contributed by atoms with E-state index in [0.717, 1.165) is 25.2 Å². The molecule has 3 unspecified atom stereocenters. The van der Waals surface area contributed by atoms with Crippen molar-refractivity contribution in [2.75, 3.05) is 0 Å². The molecule has 3 amide bonds. The molecule has 0 aromatic rings. The molecule has 0 heterocycles. The van der Waals surface area contributed by atoms with E-state index in [1.54, 1.807) is 0 Å². The highest BCUT2D eigenvalue weighted by Gasteiger charge is 2.40. The predicted octanol–water partition coefficient (Wildman–Crippen LogP) is 0.239. The van der Waals surface area contributed by atoms with Crippen molar-refractivity contribution < 1.29 is 14.4 Å². The SMILES string of the molecule is O=C(CC1CC2CCC1C2)NNC(=O)C(=O)NC1CC1. The van der Waals surface area contributed by atoms with Crippen LogP contribution in [-0.4, -0.2) is 23.8 Å². The van der Waals surface area contributed by atoms with Gasteiger partial charge in [-0.25, -0.2) is 0 Å². The molecule has 0 aromatic heterocycles. The van der Waals surface area contributed by atoms with Gasteiger partial charge in [0.2, 0.25) is 5.91 Å². The Morgan fingerprint density at radius 1 is 0.900 bits per heavy atom. The van der Waals surface area contributed by atoms with E-state index in [0.29, 0.717) is 18.3 Å². The summed E-state index contributed by atoms with van der Waals surface area (Å²) in [5, 5.41) is 2.57. The summed E-state index contributed by atoms with van der Waals surface area (Å²) in [6.07, 6.45) is 7.23. The molecule has 0 spiro atoms. The van der Waals surface area contributed by atoms with E-state index in [1.165, 1.54) is 19.3 Å². The molecule has 6 heteroatoms. The molecule has 0 aromatic carbocycles. The molecule has 2 bridgehead atoms. The maximum atomic E-state index is 11.8. The van der Waals surface area contributed by atoms with Crippen LogP contribution in [0.3, 0.4) is 0 Å². The van der Waals surface area contributed by atoms with Crippen LogP contribution in [0, 0.1) is 17.8 Å². The van der Waals surface area contributed by atoms with Gasteiger partial charge in [-0.05, 0) is 49.9 Å². The molecule has 20 heavy (non-hydrogen) atoms. The van der Waals surface area contributed by atoms with Crippen LogP contribution in [-0.2, 0) is 14.4 Å². The maximum Gasteiger partial charge on any atom is 0.327 e. The molecule has 0 aliphatic heterocycles. The number of rotatable bonds is 3. The van der Waals surface area contributed by atoms with Crippen LogP contribution in [0.5, 0.6) is 0 Å². The van der Waals surface area contributed by atoms with Gasteiger partial charge in [0.15, 0.2) is 0 Å². The lowest BCUT2D eigenvalue weighted by molar-refractivity contribution is -0.141. The molecular weight excluding hydrogens is 258 g/mol. The van der Waals surface area contributed by atoms with Crippen LogP contribution in [0.25, 0.3) is 0 Å². The second-order valence-corrected chi connectivity index (χ2v) is 6.39. The monoisotopic (exact) mass is 279 g/mol. The number of hydrogen-bond donors (Lipinski definition) is 3. The summed E-state index contributed by atoms with van der Waals surface area (Å²) in [7, 11) is 0. The summed E-state index contributed by atoms with van der Waals surface area (Å²) >= 11 is 0. The summed E-state index contributed by atoms with van der Waals surface area (Å²) in [6, 6.07) is 0.137. The van der Waals surface area contributed by atoms with E-state index < -0.39 is 11.8 Å². The molecule has 0 saturated heterocycles. The van der Waals surface area contributed by atoms with Crippen molar-refractivity contribution in [3.63, 3.8) is 0 Å². The standard InChI is InChI=1S/C14H21N3O3/c18-12(7-10-6-8-1-2-9(10)5-8)16-17-14(20)13(19)15-11-3-4-11/h8-11H,1-7H2,(H,15,19)(H,16,18)(H,17,20). The highest BCUT2D eigenvalue weighted by atomic mass is 16.2. The molecule has 0 radical (unpaired) electrons. The highest BCUT2D eigenvalue weighted by Crippen LogP contribution is 2.49. The smallest absolute Gasteiger partial charge is 0.327 e. The lowest BCUT2D eigenvalue weighted by Crippen LogP contribution is -2.49. The number of carbonyl (C=O) groups excluding carboxylic acids is 3. The first-order valence-corrected chi connectivity index (χ1v) is 7.51. The van der Waals surface area contributed by atoms with Gasteiger partial charge in [-0.1, -0.05) is 6.42 Å². The van der Waals surface area contributed by atoms with Crippen molar-refractivity contribution in [2.24, 2.45) is 17.8 Å². The molecular formula is C14H21N3O3. The molecule has 3 N–H and O–H groups in total. The van der Waals surface area contributed by atoms with Gasteiger partial charge in [0, 0.05) is 12.5 Å². The Balaban J connectivity index is 1.36. The van der Waals surface area contributed by atoms with Gasteiger partial charge in [-0.2, -0.15) is 0 Å². The third kappa shape index (κ3) is 3.11. The van der Waals surface area contributed by atoms with E-state index >= 15 is 0 Å². The molecule has 6 nitrogen and oxygen atoms in total. The number of nitrogens with one attached hydrogen (secondary N) is 3. The van der Waals surface area contributed by atoms with Crippen LogP contribution >= 0.6 is 0 Å². The van der Waals surface area contributed by atoms with Gasteiger partial charge in [0.25, 0.3) is 0 Å². The van der Waals surface area contributed by atoms with Crippen LogP contribution in [0.15, 0.2) is 0 Å². The second-order valence-electron chi connectivity index (χ2n) is 6.39. The minimum atomic E-state index is -0.793. The average molecular weight is 279 g/mol. The van der Waals surface area contributed by atoms with Gasteiger partial charge >= 0.3 is 11.8 Å². The van der Waals surface area contributed by atoms with Crippen LogP contribution in [0.1, 0.15) is 44.9 Å². The topological polar surface area (TPSA) is 87.3 Å². The van der Waals surface area contributed by atoms with Crippen molar-refractivity contribution in [1.29, 1.82) is 0 Å². The first-order valence-electron chi connectivity index (χ1n) is 7.51. The summed E-state index contributed by atoms with van der Waals surface area (Å²) < 4.78 is 0. The van der Waals surface area contributed by atoms with Crippen molar-refractivity contribution in [3.8, 4) is 0 Å². The zero-order valence-corrected chi connectivity index (χ0v) is 11.5. The van der Waals surface area contributed by atoms with E-state index in [1.807, 2.05) is 0 Å². The first kappa shape index (κ1) is 13.4. The molecule has 3 aliphatic carbocycles. The normalized spacial score (nSPS) is 30.9. The molecule has 3 atom stereocenters. The molecule has 3 aliphatic rings. The van der Waals surface area contributed by atoms with Gasteiger partial charge in [-0.15, -0.1) is 0 Å². The van der Waals surface area contributed by atoms with E-state index in [9.17, 15) is 14.4 Å². The summed E-state index contributed by atoms with van der Waals surface area (Å²) in [5.74, 6) is 0.267. The predicted molar refractivity (Wildman–Crippen MR) is 71.0 cm³/mol. The zero-order chi connectivity index (χ0) is 14.1. The summed E-state index contributed by atoms with van der Waals surface area (Å²) in [5.41, 5.74) is 4.53. The molecule has 3 saturated carbocycles. The Labute approximate surface area is 118 Å². The number of amides is 3. The van der Waals surface area contributed by atoms with Crippen LogP contribution < -0.4 is 16.2 Å². The number of hydrogen-bond acceptors (Lipinski definition) is 3. The quantitative estimate of drug-likeness (QED) is 0.511. The number of hydrazine groups is 1. The largest absolute Gasteiger partial charge is 0.345 e.